The molecule has 8 unspecified atom stereocenters. The summed E-state index contributed by atoms with van der Waals surface area (Å²) in [7, 11) is 2.72. The molecule has 2 aromatic carbocycles. The number of carbonyl (C=O) groups excluding carboxylic acids is 1. The number of benzene rings is 2. The van der Waals surface area contributed by atoms with E-state index < -0.39 is 80.8 Å². The normalized spacial score (nSPS) is 23.6. The lowest BCUT2D eigenvalue weighted by Gasteiger charge is -2.38. The minimum absolute atomic E-state index is 0.124. The van der Waals surface area contributed by atoms with Crippen molar-refractivity contribution >= 4 is 18.0 Å². The van der Waals surface area contributed by atoms with Crippen LogP contribution >= 0.6 is 0 Å². The van der Waals surface area contributed by atoms with Gasteiger partial charge < -0.3 is 69.3 Å². The summed E-state index contributed by atoms with van der Waals surface area (Å²) in [6.45, 7) is -1.69. The van der Waals surface area contributed by atoms with Crippen molar-refractivity contribution in [2.24, 2.45) is 0 Å². The van der Waals surface area contributed by atoms with Gasteiger partial charge in [0.15, 0.2) is 41.5 Å². The number of carbonyl (C=O) groups is 2. The van der Waals surface area contributed by atoms with Gasteiger partial charge in [-0.25, -0.2) is 9.59 Å². The SMILES string of the molecule is COc1cc(C(O)C(CO)Oc2ccc(C=CC(=O)OCC(O)COC3OC(C(=O)O)C(O)C(O)C3O)cc2OC)ccc1O. The van der Waals surface area contributed by atoms with Gasteiger partial charge in [0.05, 0.1) is 27.4 Å². The van der Waals surface area contributed by atoms with E-state index in [1.807, 2.05) is 0 Å². The molecule has 0 spiro atoms. The highest BCUT2D eigenvalue weighted by molar-refractivity contribution is 5.87. The van der Waals surface area contributed by atoms with Crippen LogP contribution < -0.4 is 14.2 Å². The summed E-state index contributed by atoms with van der Waals surface area (Å²) in [6.07, 6.45) is -10.5. The average Bonchev–Trinajstić information content (AvgIpc) is 3.03. The lowest BCUT2D eigenvalue weighted by molar-refractivity contribution is -0.298. The van der Waals surface area contributed by atoms with E-state index in [9.17, 15) is 45.3 Å². The molecule has 45 heavy (non-hydrogen) atoms. The van der Waals surface area contributed by atoms with Gasteiger partial charge in [-0.1, -0.05) is 12.1 Å². The van der Waals surface area contributed by atoms with E-state index in [0.29, 0.717) is 11.1 Å². The Bertz CT molecular complexity index is 1320. The molecule has 0 radical (unpaired) electrons. The van der Waals surface area contributed by atoms with Crippen LogP contribution in [0.25, 0.3) is 6.08 Å². The van der Waals surface area contributed by atoms with Crippen LogP contribution in [0.4, 0.5) is 0 Å². The van der Waals surface area contributed by atoms with Gasteiger partial charge >= 0.3 is 11.9 Å². The van der Waals surface area contributed by atoms with Gasteiger partial charge in [-0.2, -0.15) is 0 Å². The van der Waals surface area contributed by atoms with Gasteiger partial charge in [0.2, 0.25) is 0 Å². The molecule has 16 heteroatoms. The van der Waals surface area contributed by atoms with Crippen LogP contribution in [0.5, 0.6) is 23.0 Å². The molecule has 1 fully saturated rings. The monoisotopic (exact) mass is 640 g/mol. The first-order valence-electron chi connectivity index (χ1n) is 13.5. The summed E-state index contributed by atoms with van der Waals surface area (Å²) < 4.78 is 31.2. The molecule has 248 valence electrons. The number of aromatic hydroxyl groups is 1. The number of esters is 1. The fourth-order valence-electron chi connectivity index (χ4n) is 4.18. The standard InChI is InChI=1S/C29H36O16/c1-40-19-10-15(5-6-17(19)32)23(34)21(11-30)44-18-7-3-14(9-20(18)41-2)4-8-22(33)42-12-16(31)13-43-29-26(37)24(35)25(36)27(45-29)28(38)39/h3-10,16,21,23-27,29-32,34-37H,11-13H2,1-2H3,(H,38,39). The molecule has 1 saturated heterocycles. The van der Waals surface area contributed by atoms with Crippen molar-refractivity contribution in [2.45, 2.75) is 49.0 Å². The number of methoxy groups -OCH3 is 2. The molecule has 16 nitrogen and oxygen atoms in total. The molecule has 0 aliphatic carbocycles. The second-order valence-electron chi connectivity index (χ2n) is 9.81. The first kappa shape index (κ1) is 35.5. The quantitative estimate of drug-likeness (QED) is 0.0833. The molecule has 0 amide bonds. The van der Waals surface area contributed by atoms with Gasteiger partial charge in [-0.05, 0) is 41.5 Å². The first-order valence-corrected chi connectivity index (χ1v) is 13.5. The minimum atomic E-state index is -1.90. The van der Waals surface area contributed by atoms with E-state index in [1.54, 1.807) is 6.07 Å². The number of phenolic OH excluding ortho intramolecular Hbond substituents is 1. The van der Waals surface area contributed by atoms with Gasteiger partial charge in [0.1, 0.15) is 37.1 Å². The summed E-state index contributed by atoms with van der Waals surface area (Å²) in [5.41, 5.74) is 0.796. The number of carboxylic acid groups (broad SMARTS) is 1. The number of aliphatic carboxylic acids is 1. The average molecular weight is 641 g/mol. The Kier molecular flexibility index (Phi) is 12.9. The zero-order valence-corrected chi connectivity index (χ0v) is 24.2. The fourth-order valence-corrected chi connectivity index (χ4v) is 4.18. The molecular weight excluding hydrogens is 604 g/mol. The maximum Gasteiger partial charge on any atom is 0.335 e. The van der Waals surface area contributed by atoms with Crippen LogP contribution in [-0.2, 0) is 23.8 Å². The summed E-state index contributed by atoms with van der Waals surface area (Å²) >= 11 is 0. The van der Waals surface area contributed by atoms with E-state index in [2.05, 4.69) is 0 Å². The Labute approximate surface area is 256 Å². The van der Waals surface area contributed by atoms with Crippen LogP contribution in [0.1, 0.15) is 17.2 Å². The largest absolute Gasteiger partial charge is 0.504 e. The van der Waals surface area contributed by atoms with Crippen molar-refractivity contribution < 1.29 is 78.9 Å². The van der Waals surface area contributed by atoms with Gasteiger partial charge in [-0.15, -0.1) is 0 Å². The highest BCUT2D eigenvalue weighted by Crippen LogP contribution is 2.34. The third-order valence-corrected chi connectivity index (χ3v) is 6.64. The van der Waals surface area contributed by atoms with E-state index in [1.165, 1.54) is 50.6 Å². The van der Waals surface area contributed by atoms with Crippen molar-refractivity contribution in [3.63, 3.8) is 0 Å². The summed E-state index contributed by atoms with van der Waals surface area (Å²) in [5, 5.41) is 79.0. The molecule has 2 aromatic rings. The van der Waals surface area contributed by atoms with Crippen molar-refractivity contribution in [3.05, 3.63) is 53.6 Å². The smallest absolute Gasteiger partial charge is 0.335 e. The molecule has 8 atom stereocenters. The van der Waals surface area contributed by atoms with Gasteiger partial charge in [0, 0.05) is 6.08 Å². The highest BCUT2D eigenvalue weighted by atomic mass is 16.7. The van der Waals surface area contributed by atoms with E-state index in [-0.39, 0.29) is 23.0 Å². The van der Waals surface area contributed by atoms with Crippen molar-refractivity contribution in [1.82, 2.24) is 0 Å². The molecule has 0 bridgehead atoms. The van der Waals surface area contributed by atoms with Crippen LogP contribution in [0.2, 0.25) is 0 Å². The minimum Gasteiger partial charge on any atom is -0.504 e. The summed E-state index contributed by atoms with van der Waals surface area (Å²) in [4.78, 5) is 23.3. The number of carboxylic acids is 1. The Hall–Kier alpha value is -4.00. The third-order valence-electron chi connectivity index (χ3n) is 6.64. The zero-order chi connectivity index (χ0) is 33.3. The number of phenols is 1. The topological polar surface area (TPSA) is 251 Å². The Balaban J connectivity index is 1.53. The summed E-state index contributed by atoms with van der Waals surface area (Å²) in [6, 6.07) is 8.75. The zero-order valence-electron chi connectivity index (χ0n) is 24.2. The van der Waals surface area contributed by atoms with Crippen LogP contribution in [0.15, 0.2) is 42.5 Å². The van der Waals surface area contributed by atoms with E-state index in [0.717, 1.165) is 6.08 Å². The van der Waals surface area contributed by atoms with Crippen molar-refractivity contribution in [1.29, 1.82) is 0 Å². The number of aliphatic hydroxyl groups is 6. The van der Waals surface area contributed by atoms with E-state index >= 15 is 0 Å². The Morgan fingerprint density at radius 1 is 0.933 bits per heavy atom. The van der Waals surface area contributed by atoms with Crippen LogP contribution in [0.3, 0.4) is 0 Å². The fraction of sp³-hybridized carbons (Fsp3) is 0.448. The van der Waals surface area contributed by atoms with Crippen molar-refractivity contribution in [3.8, 4) is 23.0 Å². The van der Waals surface area contributed by atoms with Gasteiger partial charge in [-0.3, -0.25) is 0 Å². The molecule has 1 aliphatic heterocycles. The Morgan fingerprint density at radius 3 is 2.29 bits per heavy atom. The predicted octanol–water partition coefficient (Wildman–Crippen LogP) is -1.29. The second-order valence-corrected chi connectivity index (χ2v) is 9.81. The predicted molar refractivity (Wildman–Crippen MR) is 150 cm³/mol. The Morgan fingerprint density at radius 2 is 1.64 bits per heavy atom. The third kappa shape index (κ3) is 9.25. The molecule has 8 N–H and O–H groups in total. The highest BCUT2D eigenvalue weighted by Gasteiger charge is 2.47. The molecule has 0 saturated carbocycles. The first-order chi connectivity index (χ1) is 21.4. The van der Waals surface area contributed by atoms with Crippen LogP contribution in [-0.4, -0.2) is 130 Å². The van der Waals surface area contributed by atoms with Gasteiger partial charge in [0.25, 0.3) is 0 Å². The van der Waals surface area contributed by atoms with Crippen molar-refractivity contribution in [2.75, 3.05) is 34.0 Å². The maximum atomic E-state index is 12.2. The summed E-state index contributed by atoms with van der Waals surface area (Å²) in [5.74, 6) is -2.05. The molecule has 1 heterocycles. The van der Waals surface area contributed by atoms with Crippen LogP contribution in [0, 0.1) is 0 Å². The number of hydrogen-bond donors (Lipinski definition) is 8. The molecule has 0 aromatic heterocycles. The lowest BCUT2D eigenvalue weighted by atomic mass is 9.99. The second kappa shape index (κ2) is 16.4. The van der Waals surface area contributed by atoms with E-state index in [4.69, 9.17) is 33.5 Å². The lowest BCUT2D eigenvalue weighted by Crippen LogP contribution is -2.60. The molecule has 3 rings (SSSR count). The number of aliphatic hydroxyl groups excluding tert-OH is 6. The number of hydrogen-bond acceptors (Lipinski definition) is 15. The number of rotatable bonds is 15. The molecule has 1 aliphatic rings. The molecular formula is C29H36O16. The maximum absolute atomic E-state index is 12.2. The number of ether oxygens (including phenoxy) is 6.